The minimum atomic E-state index is 0.0834. The van der Waals surface area contributed by atoms with Crippen LogP contribution >= 0.6 is 0 Å². The van der Waals surface area contributed by atoms with Crippen LogP contribution in [0.15, 0.2) is 97.1 Å². The maximum Gasteiger partial charge on any atom is -0.00202 e. The van der Waals surface area contributed by atoms with E-state index in [1.54, 1.807) is 0 Å². The molecule has 0 atom stereocenters. The number of hydrogen-bond donors (Lipinski definition) is 0. The van der Waals surface area contributed by atoms with Gasteiger partial charge in [0.05, 0.1) is 0 Å². The van der Waals surface area contributed by atoms with Crippen LogP contribution in [-0.2, 0) is 10.8 Å². The lowest BCUT2D eigenvalue weighted by Crippen LogP contribution is -2.11. The van der Waals surface area contributed by atoms with E-state index in [2.05, 4.69) is 139 Å². The minimum Gasteiger partial charge on any atom is -0.0622 e. The average Bonchev–Trinajstić information content (AvgIpc) is 2.82. The van der Waals surface area contributed by atoms with Crippen LogP contribution in [0.1, 0.15) is 52.7 Å². The van der Waals surface area contributed by atoms with Crippen molar-refractivity contribution in [2.45, 2.75) is 52.4 Å². The van der Waals surface area contributed by atoms with Gasteiger partial charge in [-0.25, -0.2) is 0 Å². The predicted octanol–water partition coefficient (Wildman–Crippen LogP) is 9.92. The molecule has 5 aromatic rings. The van der Waals surface area contributed by atoms with Crippen LogP contribution in [-0.4, -0.2) is 0 Å². The van der Waals surface area contributed by atoms with Gasteiger partial charge in [0.2, 0.25) is 0 Å². The van der Waals surface area contributed by atoms with Gasteiger partial charge in [-0.2, -0.15) is 0 Å². The molecule has 0 unspecified atom stereocenters. The summed E-state index contributed by atoms with van der Waals surface area (Å²) in [5.41, 5.74) is 8.07. The standard InChI is InChI=1S/C34H34/c1-33(2,3)25-17-19-27-28-20-18-26(34(4,5)6)22-30(28)32(24-15-11-8-12-16-24)31(29(27)21-25)23-13-9-7-10-14-23/h7-22H,1-6H3. The first-order chi connectivity index (χ1) is 16.1. The molecule has 0 saturated heterocycles. The van der Waals surface area contributed by atoms with Gasteiger partial charge in [-0.05, 0) is 77.9 Å². The fourth-order valence-corrected chi connectivity index (χ4v) is 4.98. The van der Waals surface area contributed by atoms with Crippen LogP contribution in [0.25, 0.3) is 43.8 Å². The van der Waals surface area contributed by atoms with Crippen molar-refractivity contribution < 1.29 is 0 Å². The summed E-state index contributed by atoms with van der Waals surface area (Å²) in [6.07, 6.45) is 0. The lowest BCUT2D eigenvalue weighted by Gasteiger charge is -2.25. The number of benzene rings is 5. The van der Waals surface area contributed by atoms with Crippen molar-refractivity contribution in [3.63, 3.8) is 0 Å². The molecule has 0 aliphatic carbocycles. The molecule has 0 radical (unpaired) electrons. The highest BCUT2D eigenvalue weighted by Gasteiger charge is 2.22. The largest absolute Gasteiger partial charge is 0.0622 e. The van der Waals surface area contributed by atoms with E-state index >= 15 is 0 Å². The van der Waals surface area contributed by atoms with E-state index < -0.39 is 0 Å². The van der Waals surface area contributed by atoms with Gasteiger partial charge in [0.25, 0.3) is 0 Å². The lowest BCUT2D eigenvalue weighted by atomic mass is 9.79. The van der Waals surface area contributed by atoms with E-state index in [0.717, 1.165) is 0 Å². The normalized spacial score (nSPS) is 12.4. The SMILES string of the molecule is CC(C)(C)c1ccc2c(c1)c(-c1ccccc1)c(-c1ccccc1)c1cc(C(C)(C)C)ccc12. The fraction of sp³-hybridized carbons (Fsp3) is 0.235. The Bertz CT molecular complexity index is 1360. The second kappa shape index (κ2) is 8.13. The molecule has 5 aromatic carbocycles. The van der Waals surface area contributed by atoms with Crippen molar-refractivity contribution in [2.75, 3.05) is 0 Å². The van der Waals surface area contributed by atoms with Crippen LogP contribution in [0.4, 0.5) is 0 Å². The first-order valence-corrected chi connectivity index (χ1v) is 12.3. The Morgan fingerprint density at radius 3 is 1.06 bits per heavy atom. The fourth-order valence-electron chi connectivity index (χ4n) is 4.98. The molecule has 0 aromatic heterocycles. The van der Waals surface area contributed by atoms with E-state index in [-0.39, 0.29) is 10.8 Å². The number of rotatable bonds is 2. The third-order valence-electron chi connectivity index (χ3n) is 6.97. The average molecular weight is 443 g/mol. The summed E-state index contributed by atoms with van der Waals surface area (Å²) in [7, 11) is 0. The molecule has 0 aliphatic rings. The van der Waals surface area contributed by atoms with Crippen LogP contribution < -0.4 is 0 Å². The third-order valence-corrected chi connectivity index (χ3v) is 6.97. The van der Waals surface area contributed by atoms with Gasteiger partial charge in [0.1, 0.15) is 0 Å². The Balaban J connectivity index is 2.04. The molecule has 34 heavy (non-hydrogen) atoms. The van der Waals surface area contributed by atoms with Gasteiger partial charge in [0.15, 0.2) is 0 Å². The molecular formula is C34H34. The molecule has 0 amide bonds. The molecule has 0 heterocycles. The Morgan fingerprint density at radius 1 is 0.382 bits per heavy atom. The van der Waals surface area contributed by atoms with E-state index in [1.807, 2.05) is 0 Å². The molecule has 170 valence electrons. The topological polar surface area (TPSA) is 0 Å². The third kappa shape index (κ3) is 3.92. The number of fused-ring (bicyclic) bond motifs is 3. The molecule has 5 rings (SSSR count). The zero-order valence-electron chi connectivity index (χ0n) is 21.2. The van der Waals surface area contributed by atoms with Crippen molar-refractivity contribution >= 4 is 21.5 Å². The summed E-state index contributed by atoms with van der Waals surface area (Å²) < 4.78 is 0. The Kier molecular flexibility index (Phi) is 5.36. The highest BCUT2D eigenvalue weighted by molar-refractivity contribution is 6.21. The van der Waals surface area contributed by atoms with Gasteiger partial charge in [-0.1, -0.05) is 126 Å². The summed E-state index contributed by atoms with van der Waals surface area (Å²) in [5, 5.41) is 5.30. The second-order valence-corrected chi connectivity index (χ2v) is 11.5. The second-order valence-electron chi connectivity index (χ2n) is 11.5. The molecule has 0 nitrogen and oxygen atoms in total. The van der Waals surface area contributed by atoms with E-state index in [0.29, 0.717) is 0 Å². The minimum absolute atomic E-state index is 0.0834. The van der Waals surface area contributed by atoms with Crippen LogP contribution in [0.2, 0.25) is 0 Å². The van der Waals surface area contributed by atoms with Gasteiger partial charge in [-0.3, -0.25) is 0 Å². The molecule has 0 aliphatic heterocycles. The summed E-state index contributed by atoms with van der Waals surface area (Å²) in [5.74, 6) is 0. The lowest BCUT2D eigenvalue weighted by molar-refractivity contribution is 0.590. The van der Waals surface area contributed by atoms with Gasteiger partial charge in [-0.15, -0.1) is 0 Å². The van der Waals surface area contributed by atoms with Crippen molar-refractivity contribution in [1.29, 1.82) is 0 Å². The molecule has 0 saturated carbocycles. The summed E-state index contributed by atoms with van der Waals surface area (Å²) >= 11 is 0. The van der Waals surface area contributed by atoms with Crippen LogP contribution in [0.5, 0.6) is 0 Å². The van der Waals surface area contributed by atoms with Gasteiger partial charge in [0, 0.05) is 0 Å². The van der Waals surface area contributed by atoms with Crippen molar-refractivity contribution in [2.24, 2.45) is 0 Å². The molecule has 0 spiro atoms. The number of hydrogen-bond acceptors (Lipinski definition) is 0. The molecule has 0 bridgehead atoms. The molecule has 0 fully saturated rings. The smallest absolute Gasteiger partial charge is 0.00202 e. The Labute approximate surface area is 204 Å². The quantitative estimate of drug-likeness (QED) is 0.239. The van der Waals surface area contributed by atoms with E-state index in [1.165, 1.54) is 54.9 Å². The van der Waals surface area contributed by atoms with Crippen molar-refractivity contribution in [1.82, 2.24) is 0 Å². The molecule has 0 N–H and O–H groups in total. The summed E-state index contributed by atoms with van der Waals surface area (Å²) in [6, 6.07) is 36.0. The maximum atomic E-state index is 2.43. The predicted molar refractivity (Wildman–Crippen MR) is 150 cm³/mol. The summed E-state index contributed by atoms with van der Waals surface area (Å²) in [4.78, 5) is 0. The van der Waals surface area contributed by atoms with Crippen LogP contribution in [0.3, 0.4) is 0 Å². The highest BCUT2D eigenvalue weighted by Crippen LogP contribution is 2.46. The highest BCUT2D eigenvalue weighted by atomic mass is 14.3. The van der Waals surface area contributed by atoms with Gasteiger partial charge >= 0.3 is 0 Å². The Morgan fingerprint density at radius 2 is 0.735 bits per heavy atom. The van der Waals surface area contributed by atoms with E-state index in [4.69, 9.17) is 0 Å². The Hall–Kier alpha value is -3.38. The zero-order valence-corrected chi connectivity index (χ0v) is 21.2. The maximum absolute atomic E-state index is 2.43. The van der Waals surface area contributed by atoms with Crippen molar-refractivity contribution in [3.8, 4) is 22.3 Å². The van der Waals surface area contributed by atoms with Gasteiger partial charge < -0.3 is 0 Å². The zero-order chi connectivity index (χ0) is 24.1. The first kappa shape index (κ1) is 22.4. The molecular weight excluding hydrogens is 408 g/mol. The molecule has 0 heteroatoms. The summed E-state index contributed by atoms with van der Waals surface area (Å²) in [6.45, 7) is 13.8. The monoisotopic (exact) mass is 442 g/mol. The van der Waals surface area contributed by atoms with Crippen molar-refractivity contribution in [3.05, 3.63) is 108 Å². The van der Waals surface area contributed by atoms with Crippen LogP contribution in [0, 0.1) is 0 Å². The van der Waals surface area contributed by atoms with E-state index in [9.17, 15) is 0 Å². The first-order valence-electron chi connectivity index (χ1n) is 12.3.